The third kappa shape index (κ3) is 3.98. The number of likely N-dealkylation sites (tertiary alicyclic amines) is 1. The van der Waals surface area contributed by atoms with Crippen molar-refractivity contribution in [3.63, 3.8) is 0 Å². The highest BCUT2D eigenvalue weighted by Crippen LogP contribution is 2.30. The van der Waals surface area contributed by atoms with Crippen LogP contribution in [-0.4, -0.2) is 36.8 Å². The molecule has 4 rings (SSSR count). The van der Waals surface area contributed by atoms with E-state index in [1.807, 2.05) is 6.07 Å². The molecule has 1 aliphatic rings. The van der Waals surface area contributed by atoms with Gasteiger partial charge in [-0.15, -0.1) is 11.3 Å². The number of thiophene rings is 1. The number of hydrogen-bond donors (Lipinski definition) is 1. The van der Waals surface area contributed by atoms with E-state index in [1.165, 1.54) is 30.5 Å². The Hall–Kier alpha value is -2.87. The Morgan fingerprint density at radius 1 is 1.31 bits per heavy atom. The van der Waals surface area contributed by atoms with Crippen LogP contribution in [0.25, 0.3) is 10.1 Å². The van der Waals surface area contributed by atoms with Gasteiger partial charge in [0, 0.05) is 24.0 Å². The fourth-order valence-corrected chi connectivity index (χ4v) is 5.88. The van der Waals surface area contributed by atoms with Crippen molar-refractivity contribution in [3.05, 3.63) is 59.7 Å². The molecule has 0 radical (unpaired) electrons. The number of pyridine rings is 1. The van der Waals surface area contributed by atoms with Gasteiger partial charge in [0.2, 0.25) is 5.91 Å². The summed E-state index contributed by atoms with van der Waals surface area (Å²) in [6.07, 6.45) is 1.84. The van der Waals surface area contributed by atoms with E-state index in [1.54, 1.807) is 17.0 Å². The SMILES string of the molecule is N#Cc1cc(CN2CC[C@H](NS(=O)(=O)c3cc4ccc(F)cc4s3)C2=O)ccn1. The molecule has 3 aromatic rings. The monoisotopic (exact) mass is 430 g/mol. The molecule has 7 nitrogen and oxygen atoms in total. The summed E-state index contributed by atoms with van der Waals surface area (Å²) in [5.41, 5.74) is 1.01. The Bertz CT molecular complexity index is 1250. The molecule has 1 amide bonds. The van der Waals surface area contributed by atoms with Gasteiger partial charge in [0.15, 0.2) is 0 Å². The third-order valence-electron chi connectivity index (χ3n) is 4.63. The largest absolute Gasteiger partial charge is 0.337 e. The van der Waals surface area contributed by atoms with Crippen molar-refractivity contribution in [1.82, 2.24) is 14.6 Å². The second-order valence-electron chi connectivity index (χ2n) is 6.63. The van der Waals surface area contributed by atoms with Crippen LogP contribution in [0.4, 0.5) is 4.39 Å². The van der Waals surface area contributed by atoms with Gasteiger partial charge in [-0.25, -0.2) is 17.8 Å². The van der Waals surface area contributed by atoms with Crippen molar-refractivity contribution in [2.24, 2.45) is 0 Å². The smallest absolute Gasteiger partial charge is 0.250 e. The first-order valence-corrected chi connectivity index (χ1v) is 11.0. The van der Waals surface area contributed by atoms with Crippen LogP contribution in [0, 0.1) is 17.1 Å². The minimum absolute atomic E-state index is 0.0390. The predicted octanol–water partition coefficient (Wildman–Crippen LogP) is 2.39. The standard InChI is InChI=1S/C19H15FN4O3S2/c20-14-2-1-13-8-18(28-17(13)9-14)29(26,27)23-16-4-6-24(19(16)25)11-12-3-5-22-15(7-12)10-21/h1-3,5,7-9,16,23H,4,6,11H2/t16-/m0/s1. The molecule has 1 N–H and O–H groups in total. The van der Waals surface area contributed by atoms with E-state index in [-0.39, 0.29) is 22.4 Å². The molecule has 29 heavy (non-hydrogen) atoms. The van der Waals surface area contributed by atoms with Gasteiger partial charge < -0.3 is 4.90 Å². The maximum atomic E-state index is 13.4. The molecule has 1 saturated heterocycles. The van der Waals surface area contributed by atoms with Crippen LogP contribution in [0.1, 0.15) is 17.7 Å². The lowest BCUT2D eigenvalue weighted by Crippen LogP contribution is -2.41. The maximum absolute atomic E-state index is 13.4. The van der Waals surface area contributed by atoms with Crippen LogP contribution in [0.5, 0.6) is 0 Å². The second-order valence-corrected chi connectivity index (χ2v) is 9.66. The van der Waals surface area contributed by atoms with Crippen LogP contribution in [-0.2, 0) is 21.4 Å². The molecule has 0 aliphatic carbocycles. The minimum Gasteiger partial charge on any atom is -0.337 e. The van der Waals surface area contributed by atoms with E-state index in [0.29, 0.717) is 23.1 Å². The van der Waals surface area contributed by atoms with Crippen LogP contribution in [0.2, 0.25) is 0 Å². The molecule has 1 aliphatic heterocycles. The molecule has 1 aromatic carbocycles. The maximum Gasteiger partial charge on any atom is 0.250 e. The van der Waals surface area contributed by atoms with Gasteiger partial charge in [0.25, 0.3) is 10.0 Å². The van der Waals surface area contributed by atoms with E-state index < -0.39 is 21.9 Å². The number of sulfonamides is 1. The van der Waals surface area contributed by atoms with Crippen LogP contribution in [0.3, 0.4) is 0 Å². The molecular weight excluding hydrogens is 415 g/mol. The Balaban J connectivity index is 1.48. The van der Waals surface area contributed by atoms with Crippen LogP contribution in [0.15, 0.2) is 46.8 Å². The summed E-state index contributed by atoms with van der Waals surface area (Å²) in [6.45, 7) is 0.671. The highest BCUT2D eigenvalue weighted by Gasteiger charge is 2.35. The fraction of sp³-hybridized carbons (Fsp3) is 0.211. The van der Waals surface area contributed by atoms with E-state index >= 15 is 0 Å². The average molecular weight is 430 g/mol. The molecule has 2 aromatic heterocycles. The number of carbonyl (C=O) groups excluding carboxylic acids is 1. The first-order valence-electron chi connectivity index (χ1n) is 8.71. The number of halogens is 1. The third-order valence-corrected chi connectivity index (χ3v) is 7.67. The van der Waals surface area contributed by atoms with E-state index in [0.717, 1.165) is 16.9 Å². The summed E-state index contributed by atoms with van der Waals surface area (Å²) in [5, 5.41) is 9.56. The number of carbonyl (C=O) groups is 1. The van der Waals surface area contributed by atoms with Gasteiger partial charge in [0.1, 0.15) is 27.8 Å². The highest BCUT2D eigenvalue weighted by atomic mass is 32.2. The Morgan fingerprint density at radius 2 is 2.14 bits per heavy atom. The van der Waals surface area contributed by atoms with Gasteiger partial charge in [-0.05, 0) is 47.7 Å². The van der Waals surface area contributed by atoms with Crippen molar-refractivity contribution in [2.75, 3.05) is 6.54 Å². The molecule has 10 heteroatoms. The Morgan fingerprint density at radius 3 is 2.93 bits per heavy atom. The first kappa shape index (κ1) is 19.4. The van der Waals surface area contributed by atoms with Crippen molar-refractivity contribution in [2.45, 2.75) is 23.2 Å². The lowest BCUT2D eigenvalue weighted by atomic mass is 10.2. The summed E-state index contributed by atoms with van der Waals surface area (Å²) in [6, 6.07) is 9.94. The van der Waals surface area contributed by atoms with Crippen LogP contribution >= 0.6 is 11.3 Å². The van der Waals surface area contributed by atoms with Crippen molar-refractivity contribution < 1.29 is 17.6 Å². The van der Waals surface area contributed by atoms with Gasteiger partial charge in [-0.1, -0.05) is 6.07 Å². The number of benzene rings is 1. The highest BCUT2D eigenvalue weighted by molar-refractivity contribution is 7.91. The molecule has 0 saturated carbocycles. The summed E-state index contributed by atoms with van der Waals surface area (Å²) in [5.74, 6) is -0.760. The number of nitriles is 1. The van der Waals surface area contributed by atoms with Gasteiger partial charge in [-0.3, -0.25) is 4.79 Å². The number of rotatable bonds is 5. The quantitative estimate of drug-likeness (QED) is 0.669. The molecule has 0 unspecified atom stereocenters. The summed E-state index contributed by atoms with van der Waals surface area (Å²) >= 11 is 0.958. The van der Waals surface area contributed by atoms with E-state index in [2.05, 4.69) is 9.71 Å². The molecule has 3 heterocycles. The normalized spacial score (nSPS) is 17.0. The topological polar surface area (TPSA) is 103 Å². The second kappa shape index (κ2) is 7.51. The van der Waals surface area contributed by atoms with Gasteiger partial charge in [-0.2, -0.15) is 9.98 Å². The van der Waals surface area contributed by atoms with Gasteiger partial charge in [0.05, 0.1) is 0 Å². The van der Waals surface area contributed by atoms with E-state index in [9.17, 15) is 17.6 Å². The first-order chi connectivity index (χ1) is 13.9. The lowest BCUT2D eigenvalue weighted by molar-refractivity contribution is -0.129. The number of hydrogen-bond acceptors (Lipinski definition) is 6. The van der Waals surface area contributed by atoms with Crippen molar-refractivity contribution >= 4 is 37.4 Å². The van der Waals surface area contributed by atoms with E-state index in [4.69, 9.17) is 5.26 Å². The number of nitrogens with one attached hydrogen (secondary N) is 1. The summed E-state index contributed by atoms with van der Waals surface area (Å²) < 4.78 is 41.8. The number of aromatic nitrogens is 1. The van der Waals surface area contributed by atoms with Crippen molar-refractivity contribution in [1.29, 1.82) is 5.26 Å². The number of amides is 1. The molecule has 1 fully saturated rings. The number of nitrogens with zero attached hydrogens (tertiary/aromatic N) is 3. The average Bonchev–Trinajstić information content (AvgIpc) is 3.27. The molecule has 0 spiro atoms. The lowest BCUT2D eigenvalue weighted by Gasteiger charge is -2.17. The summed E-state index contributed by atoms with van der Waals surface area (Å²) in [4.78, 5) is 18.1. The Kier molecular flexibility index (Phi) is 5.04. The zero-order chi connectivity index (χ0) is 20.6. The molecule has 148 valence electrons. The Labute approximate surface area is 170 Å². The zero-order valence-corrected chi connectivity index (χ0v) is 16.6. The zero-order valence-electron chi connectivity index (χ0n) is 15.0. The summed E-state index contributed by atoms with van der Waals surface area (Å²) in [7, 11) is -3.91. The van der Waals surface area contributed by atoms with Crippen molar-refractivity contribution in [3.8, 4) is 6.07 Å². The molecule has 1 atom stereocenters. The fourth-order valence-electron chi connectivity index (χ4n) is 3.22. The predicted molar refractivity (Wildman–Crippen MR) is 105 cm³/mol. The minimum atomic E-state index is -3.91. The van der Waals surface area contributed by atoms with Gasteiger partial charge >= 0.3 is 0 Å². The molecular formula is C19H15FN4O3S2. The molecule has 0 bridgehead atoms. The van der Waals surface area contributed by atoms with Crippen LogP contribution < -0.4 is 4.72 Å². The number of fused-ring (bicyclic) bond motifs is 1.